The Hall–Kier alpha value is -0.910. The quantitative estimate of drug-likeness (QED) is 0.927. The van der Waals surface area contributed by atoms with Crippen molar-refractivity contribution in [3.63, 3.8) is 0 Å². The number of nitrogens with two attached hydrogens (primary N) is 1. The van der Waals surface area contributed by atoms with Crippen molar-refractivity contribution in [2.24, 2.45) is 11.7 Å². The van der Waals surface area contributed by atoms with Gasteiger partial charge in [-0.3, -0.25) is 0 Å². The predicted molar refractivity (Wildman–Crippen MR) is 80.7 cm³/mol. The normalized spacial score (nSPS) is 21.6. The van der Waals surface area contributed by atoms with Crippen LogP contribution in [0.3, 0.4) is 0 Å². The number of sulfonamides is 1. The summed E-state index contributed by atoms with van der Waals surface area (Å²) in [6.07, 6.45) is 4.16. The van der Waals surface area contributed by atoms with Crippen LogP contribution in [-0.2, 0) is 16.6 Å². The number of hydrogen-bond donors (Lipinski definition) is 1. The highest BCUT2D eigenvalue weighted by Crippen LogP contribution is 2.26. The molecule has 0 spiro atoms. The van der Waals surface area contributed by atoms with E-state index in [-0.39, 0.29) is 6.54 Å². The first-order valence-corrected chi connectivity index (χ1v) is 8.81. The molecule has 1 unspecified atom stereocenters. The fourth-order valence-corrected chi connectivity index (χ4v) is 4.58. The van der Waals surface area contributed by atoms with Crippen LogP contribution in [0.1, 0.15) is 38.2 Å². The van der Waals surface area contributed by atoms with Crippen molar-refractivity contribution in [1.82, 2.24) is 4.31 Å². The molecule has 0 aromatic heterocycles. The van der Waals surface area contributed by atoms with Crippen LogP contribution in [0.25, 0.3) is 0 Å². The summed E-state index contributed by atoms with van der Waals surface area (Å²) < 4.78 is 27.2. The molecule has 0 amide bonds. The van der Waals surface area contributed by atoms with Gasteiger partial charge < -0.3 is 5.73 Å². The second kappa shape index (κ2) is 6.70. The third-order valence-corrected chi connectivity index (χ3v) is 6.19. The lowest BCUT2D eigenvalue weighted by Gasteiger charge is -2.21. The Labute approximate surface area is 122 Å². The summed E-state index contributed by atoms with van der Waals surface area (Å²) in [5.41, 5.74) is 6.37. The van der Waals surface area contributed by atoms with Crippen molar-refractivity contribution in [3.8, 4) is 0 Å². The van der Waals surface area contributed by atoms with Crippen molar-refractivity contribution in [2.75, 3.05) is 13.1 Å². The van der Waals surface area contributed by atoms with Crippen molar-refractivity contribution in [2.45, 2.75) is 44.0 Å². The lowest BCUT2D eigenvalue weighted by Crippen LogP contribution is -2.33. The second-order valence-electron chi connectivity index (χ2n) is 5.42. The van der Waals surface area contributed by atoms with Gasteiger partial charge in [-0.1, -0.05) is 31.5 Å². The first-order valence-electron chi connectivity index (χ1n) is 7.37. The molecular weight excluding hydrogens is 272 g/mol. The number of hydrogen-bond acceptors (Lipinski definition) is 3. The van der Waals surface area contributed by atoms with E-state index in [2.05, 4.69) is 6.92 Å². The molecule has 5 heteroatoms. The zero-order valence-corrected chi connectivity index (χ0v) is 12.9. The summed E-state index contributed by atoms with van der Waals surface area (Å²) >= 11 is 0. The van der Waals surface area contributed by atoms with Crippen LogP contribution in [0.4, 0.5) is 0 Å². The summed E-state index contributed by atoms with van der Waals surface area (Å²) in [6.45, 7) is 3.68. The van der Waals surface area contributed by atoms with Gasteiger partial charge in [-0.05, 0) is 36.8 Å². The summed E-state index contributed by atoms with van der Waals surface area (Å²) in [5, 5.41) is 0. The maximum Gasteiger partial charge on any atom is 0.243 e. The van der Waals surface area contributed by atoms with E-state index >= 15 is 0 Å². The van der Waals surface area contributed by atoms with Gasteiger partial charge in [0.1, 0.15) is 0 Å². The molecule has 112 valence electrons. The van der Waals surface area contributed by atoms with Gasteiger partial charge >= 0.3 is 0 Å². The van der Waals surface area contributed by atoms with E-state index in [9.17, 15) is 8.42 Å². The van der Waals surface area contributed by atoms with Gasteiger partial charge in [0.05, 0.1) is 4.90 Å². The summed E-state index contributed by atoms with van der Waals surface area (Å²) in [5.74, 6) is 0.653. The molecule has 1 aromatic carbocycles. The van der Waals surface area contributed by atoms with Crippen molar-refractivity contribution < 1.29 is 8.42 Å². The molecule has 0 saturated carbocycles. The molecule has 1 aromatic rings. The second-order valence-corrected chi connectivity index (χ2v) is 7.33. The van der Waals surface area contributed by atoms with E-state index in [0.717, 1.165) is 25.7 Å². The van der Waals surface area contributed by atoms with Crippen molar-refractivity contribution >= 4 is 10.0 Å². The van der Waals surface area contributed by atoms with Crippen molar-refractivity contribution in [3.05, 3.63) is 29.8 Å². The van der Waals surface area contributed by atoms with Gasteiger partial charge in [-0.15, -0.1) is 0 Å². The molecule has 1 aliphatic rings. The zero-order valence-electron chi connectivity index (χ0n) is 12.1. The van der Waals surface area contributed by atoms with Crippen molar-refractivity contribution in [1.29, 1.82) is 0 Å². The maximum absolute atomic E-state index is 12.8. The van der Waals surface area contributed by atoms with Gasteiger partial charge in [0.25, 0.3) is 0 Å². The standard InChI is InChI=1S/C15H24N2O2S/c1-2-13-6-5-10-17(11-9-13)20(18,19)15-8-4-3-7-14(15)12-16/h3-4,7-8,13H,2,5-6,9-12,16H2,1H3. The van der Waals surface area contributed by atoms with Crippen LogP contribution >= 0.6 is 0 Å². The molecule has 20 heavy (non-hydrogen) atoms. The predicted octanol–water partition coefficient (Wildman–Crippen LogP) is 2.35. The molecule has 4 nitrogen and oxygen atoms in total. The molecule has 2 rings (SSSR count). The average molecular weight is 296 g/mol. The molecule has 1 saturated heterocycles. The Morgan fingerprint density at radius 2 is 2.00 bits per heavy atom. The SMILES string of the molecule is CCC1CCCN(S(=O)(=O)c2ccccc2CN)CC1. The molecule has 1 fully saturated rings. The summed E-state index contributed by atoms with van der Waals surface area (Å²) in [4.78, 5) is 0.373. The van der Waals surface area contributed by atoms with Crippen LogP contribution in [-0.4, -0.2) is 25.8 Å². The maximum atomic E-state index is 12.8. The van der Waals surface area contributed by atoms with Gasteiger partial charge in [0.2, 0.25) is 10.0 Å². The average Bonchev–Trinajstić information content (AvgIpc) is 2.73. The molecule has 1 atom stereocenters. The number of nitrogens with zero attached hydrogens (tertiary/aromatic N) is 1. The monoisotopic (exact) mass is 296 g/mol. The highest BCUT2D eigenvalue weighted by Gasteiger charge is 2.28. The molecule has 0 radical (unpaired) electrons. The lowest BCUT2D eigenvalue weighted by molar-refractivity contribution is 0.407. The first kappa shape index (κ1) is 15.5. The van der Waals surface area contributed by atoms with Crippen LogP contribution in [0, 0.1) is 5.92 Å². The Morgan fingerprint density at radius 1 is 1.25 bits per heavy atom. The van der Waals surface area contributed by atoms with E-state index in [4.69, 9.17) is 5.73 Å². The van der Waals surface area contributed by atoms with Crippen LogP contribution in [0.15, 0.2) is 29.2 Å². The fourth-order valence-electron chi connectivity index (χ4n) is 2.85. The van der Waals surface area contributed by atoms with E-state index in [1.54, 1.807) is 22.5 Å². The molecule has 1 aliphatic heterocycles. The van der Waals surface area contributed by atoms with Crippen LogP contribution < -0.4 is 5.73 Å². The number of rotatable bonds is 4. The topological polar surface area (TPSA) is 63.4 Å². The minimum Gasteiger partial charge on any atom is -0.326 e. The zero-order chi connectivity index (χ0) is 14.6. The first-order chi connectivity index (χ1) is 9.59. The van der Waals surface area contributed by atoms with Gasteiger partial charge in [0.15, 0.2) is 0 Å². The Morgan fingerprint density at radius 3 is 2.70 bits per heavy atom. The van der Waals surface area contributed by atoms with E-state index in [1.165, 1.54) is 0 Å². The number of benzene rings is 1. The highest BCUT2D eigenvalue weighted by atomic mass is 32.2. The Balaban J connectivity index is 2.26. The third kappa shape index (κ3) is 3.22. The van der Waals surface area contributed by atoms with E-state index in [0.29, 0.717) is 29.5 Å². The molecular formula is C15H24N2O2S. The molecule has 2 N–H and O–H groups in total. The van der Waals surface area contributed by atoms with Gasteiger partial charge in [-0.25, -0.2) is 8.42 Å². The van der Waals surface area contributed by atoms with E-state index in [1.807, 2.05) is 6.07 Å². The van der Waals surface area contributed by atoms with Gasteiger partial charge in [-0.2, -0.15) is 4.31 Å². The fraction of sp³-hybridized carbons (Fsp3) is 0.600. The molecule has 0 bridgehead atoms. The van der Waals surface area contributed by atoms with Crippen LogP contribution in [0.2, 0.25) is 0 Å². The smallest absolute Gasteiger partial charge is 0.243 e. The minimum absolute atomic E-state index is 0.251. The summed E-state index contributed by atoms with van der Waals surface area (Å²) in [7, 11) is -3.41. The highest BCUT2D eigenvalue weighted by molar-refractivity contribution is 7.89. The van der Waals surface area contributed by atoms with Gasteiger partial charge in [0, 0.05) is 19.6 Å². The molecule has 1 heterocycles. The van der Waals surface area contributed by atoms with E-state index < -0.39 is 10.0 Å². The summed E-state index contributed by atoms with van der Waals surface area (Å²) in [6, 6.07) is 7.05. The third-order valence-electron chi connectivity index (χ3n) is 4.19. The lowest BCUT2D eigenvalue weighted by atomic mass is 9.98. The largest absolute Gasteiger partial charge is 0.326 e. The Kier molecular flexibility index (Phi) is 5.18. The Bertz CT molecular complexity index is 543. The van der Waals surface area contributed by atoms with Crippen LogP contribution in [0.5, 0.6) is 0 Å². The molecule has 0 aliphatic carbocycles. The minimum atomic E-state index is -3.41.